The number of amides is 1. The topological polar surface area (TPSA) is 49.3 Å². The minimum absolute atomic E-state index is 0.232. The molecule has 76 valence electrons. The zero-order valence-electron chi connectivity index (χ0n) is 8.09. The number of nitrogens with one attached hydrogen (secondary N) is 1. The van der Waals surface area contributed by atoms with E-state index in [4.69, 9.17) is 5.11 Å². The minimum atomic E-state index is 0.232. The van der Waals surface area contributed by atoms with Crippen molar-refractivity contribution in [3.05, 3.63) is 0 Å². The van der Waals surface area contributed by atoms with Crippen LogP contribution in [0, 0.1) is 5.92 Å². The molecular formula is C10H19NO2. The van der Waals surface area contributed by atoms with Crippen LogP contribution < -0.4 is 5.32 Å². The van der Waals surface area contributed by atoms with Gasteiger partial charge in [-0.2, -0.15) is 0 Å². The first-order valence-electron chi connectivity index (χ1n) is 5.23. The fraction of sp³-hybridized carbons (Fsp3) is 0.900. The Morgan fingerprint density at radius 2 is 2.08 bits per heavy atom. The van der Waals surface area contributed by atoms with Gasteiger partial charge in [0.1, 0.15) is 0 Å². The summed E-state index contributed by atoms with van der Waals surface area (Å²) in [6.07, 6.45) is 6.19. The van der Waals surface area contributed by atoms with E-state index in [-0.39, 0.29) is 12.5 Å². The van der Waals surface area contributed by atoms with Crippen LogP contribution in [0.5, 0.6) is 0 Å². The Bertz CT molecular complexity index is 155. The standard InChI is InChI=1S/C10H19NO2/c12-8-3-1-2-7-11-10(13)9-5-4-6-9/h9,12H,1-8H2,(H,11,13). The molecule has 1 aliphatic rings. The van der Waals surface area contributed by atoms with Crippen molar-refractivity contribution < 1.29 is 9.90 Å². The van der Waals surface area contributed by atoms with Gasteiger partial charge in [0.25, 0.3) is 0 Å². The van der Waals surface area contributed by atoms with Crippen LogP contribution in [0.2, 0.25) is 0 Å². The van der Waals surface area contributed by atoms with E-state index >= 15 is 0 Å². The molecule has 1 rings (SSSR count). The molecule has 0 aliphatic heterocycles. The van der Waals surface area contributed by atoms with E-state index in [1.807, 2.05) is 0 Å². The van der Waals surface area contributed by atoms with E-state index in [0.717, 1.165) is 38.6 Å². The molecule has 0 unspecified atom stereocenters. The molecule has 0 aromatic heterocycles. The number of carbonyl (C=O) groups excluding carboxylic acids is 1. The van der Waals surface area contributed by atoms with E-state index in [0.29, 0.717) is 5.92 Å². The average molecular weight is 185 g/mol. The molecule has 3 nitrogen and oxygen atoms in total. The first kappa shape index (κ1) is 10.5. The summed E-state index contributed by atoms with van der Waals surface area (Å²) in [5.41, 5.74) is 0. The van der Waals surface area contributed by atoms with Crippen LogP contribution in [0.4, 0.5) is 0 Å². The van der Waals surface area contributed by atoms with Crippen LogP contribution in [0.25, 0.3) is 0 Å². The summed E-state index contributed by atoms with van der Waals surface area (Å²) in [5.74, 6) is 0.535. The Balaban J connectivity index is 1.89. The maximum absolute atomic E-state index is 11.3. The summed E-state index contributed by atoms with van der Waals surface area (Å²) in [4.78, 5) is 11.3. The number of carbonyl (C=O) groups is 1. The van der Waals surface area contributed by atoms with Gasteiger partial charge in [-0.25, -0.2) is 0 Å². The highest BCUT2D eigenvalue weighted by atomic mass is 16.2. The minimum Gasteiger partial charge on any atom is -0.396 e. The first-order valence-corrected chi connectivity index (χ1v) is 5.23. The van der Waals surface area contributed by atoms with Crippen LogP contribution in [-0.2, 0) is 4.79 Å². The molecule has 0 atom stereocenters. The number of aliphatic hydroxyl groups excluding tert-OH is 1. The second-order valence-electron chi connectivity index (χ2n) is 3.70. The Kier molecular flexibility index (Phi) is 4.83. The van der Waals surface area contributed by atoms with E-state index in [9.17, 15) is 4.79 Å². The van der Waals surface area contributed by atoms with E-state index in [1.54, 1.807) is 0 Å². The summed E-state index contributed by atoms with van der Waals surface area (Å²) >= 11 is 0. The highest BCUT2D eigenvalue weighted by molar-refractivity contribution is 5.79. The lowest BCUT2D eigenvalue weighted by atomic mass is 9.85. The van der Waals surface area contributed by atoms with Gasteiger partial charge in [-0.05, 0) is 32.1 Å². The lowest BCUT2D eigenvalue weighted by molar-refractivity contribution is -0.127. The highest BCUT2D eigenvalue weighted by Gasteiger charge is 2.24. The van der Waals surface area contributed by atoms with Crippen LogP contribution in [-0.4, -0.2) is 24.2 Å². The zero-order chi connectivity index (χ0) is 9.52. The normalized spacial score (nSPS) is 16.7. The lowest BCUT2D eigenvalue weighted by Gasteiger charge is -2.23. The van der Waals surface area contributed by atoms with Gasteiger partial charge in [-0.15, -0.1) is 0 Å². The van der Waals surface area contributed by atoms with Crippen molar-refractivity contribution in [1.82, 2.24) is 5.32 Å². The predicted octanol–water partition coefficient (Wildman–Crippen LogP) is 1.07. The van der Waals surface area contributed by atoms with E-state index in [2.05, 4.69) is 5.32 Å². The molecule has 0 aromatic carbocycles. The van der Waals surface area contributed by atoms with Crippen LogP contribution in [0.1, 0.15) is 38.5 Å². The smallest absolute Gasteiger partial charge is 0.223 e. The Morgan fingerprint density at radius 1 is 1.31 bits per heavy atom. The highest BCUT2D eigenvalue weighted by Crippen LogP contribution is 2.25. The summed E-state index contributed by atoms with van der Waals surface area (Å²) in [6, 6.07) is 0. The molecule has 0 aromatic rings. The van der Waals surface area contributed by atoms with E-state index < -0.39 is 0 Å². The third-order valence-electron chi connectivity index (χ3n) is 2.61. The summed E-state index contributed by atoms with van der Waals surface area (Å²) in [5, 5.41) is 11.4. The van der Waals surface area contributed by atoms with Crippen molar-refractivity contribution in [1.29, 1.82) is 0 Å². The number of aliphatic hydroxyl groups is 1. The first-order chi connectivity index (χ1) is 6.34. The lowest BCUT2D eigenvalue weighted by Crippen LogP contribution is -2.34. The van der Waals surface area contributed by atoms with Crippen molar-refractivity contribution in [2.75, 3.05) is 13.2 Å². The van der Waals surface area contributed by atoms with Crippen molar-refractivity contribution in [2.24, 2.45) is 5.92 Å². The third-order valence-corrected chi connectivity index (χ3v) is 2.61. The molecule has 0 spiro atoms. The summed E-state index contributed by atoms with van der Waals surface area (Å²) in [6.45, 7) is 1.03. The van der Waals surface area contributed by atoms with Crippen molar-refractivity contribution in [3.63, 3.8) is 0 Å². The molecule has 1 amide bonds. The number of hydrogen-bond acceptors (Lipinski definition) is 2. The summed E-state index contributed by atoms with van der Waals surface area (Å²) < 4.78 is 0. The molecular weight excluding hydrogens is 166 g/mol. The second kappa shape index (κ2) is 5.97. The van der Waals surface area contributed by atoms with Crippen molar-refractivity contribution in [2.45, 2.75) is 38.5 Å². The quantitative estimate of drug-likeness (QED) is 0.608. The number of rotatable bonds is 6. The van der Waals surface area contributed by atoms with Gasteiger partial charge < -0.3 is 10.4 Å². The second-order valence-corrected chi connectivity index (χ2v) is 3.70. The SMILES string of the molecule is O=C(NCCCCCO)C1CCC1. The summed E-state index contributed by atoms with van der Waals surface area (Å²) in [7, 11) is 0. The molecule has 2 N–H and O–H groups in total. The zero-order valence-corrected chi connectivity index (χ0v) is 8.09. The molecule has 0 bridgehead atoms. The van der Waals surface area contributed by atoms with Crippen molar-refractivity contribution >= 4 is 5.91 Å². The monoisotopic (exact) mass is 185 g/mol. The maximum atomic E-state index is 11.3. The van der Waals surface area contributed by atoms with Crippen LogP contribution >= 0.6 is 0 Å². The van der Waals surface area contributed by atoms with Gasteiger partial charge in [-0.1, -0.05) is 6.42 Å². The van der Waals surface area contributed by atoms with Gasteiger partial charge in [-0.3, -0.25) is 4.79 Å². The molecule has 1 saturated carbocycles. The fourth-order valence-corrected chi connectivity index (χ4v) is 1.44. The molecule has 1 aliphatic carbocycles. The van der Waals surface area contributed by atoms with Gasteiger partial charge in [0, 0.05) is 19.1 Å². The predicted molar refractivity (Wildman–Crippen MR) is 51.3 cm³/mol. The molecule has 0 heterocycles. The van der Waals surface area contributed by atoms with Gasteiger partial charge in [0.2, 0.25) is 5.91 Å². The number of unbranched alkanes of at least 4 members (excludes halogenated alkanes) is 2. The fourth-order valence-electron chi connectivity index (χ4n) is 1.44. The molecule has 3 heteroatoms. The van der Waals surface area contributed by atoms with Crippen LogP contribution in [0.3, 0.4) is 0 Å². The molecule has 13 heavy (non-hydrogen) atoms. The van der Waals surface area contributed by atoms with Crippen molar-refractivity contribution in [3.8, 4) is 0 Å². The average Bonchev–Trinajstić information content (AvgIpc) is 2.01. The molecule has 1 fully saturated rings. The molecule has 0 radical (unpaired) electrons. The van der Waals surface area contributed by atoms with Gasteiger partial charge >= 0.3 is 0 Å². The van der Waals surface area contributed by atoms with Gasteiger partial charge in [0.05, 0.1) is 0 Å². The number of hydrogen-bond donors (Lipinski definition) is 2. The van der Waals surface area contributed by atoms with Gasteiger partial charge in [0.15, 0.2) is 0 Å². The van der Waals surface area contributed by atoms with Crippen LogP contribution in [0.15, 0.2) is 0 Å². The Labute approximate surface area is 79.5 Å². The maximum Gasteiger partial charge on any atom is 0.223 e. The largest absolute Gasteiger partial charge is 0.396 e. The Morgan fingerprint density at radius 3 is 2.62 bits per heavy atom. The third kappa shape index (κ3) is 3.77. The molecule has 0 saturated heterocycles. The Hall–Kier alpha value is -0.570. The van der Waals surface area contributed by atoms with E-state index in [1.165, 1.54) is 6.42 Å².